The molecule has 0 saturated heterocycles. The Bertz CT molecular complexity index is 1180. The Morgan fingerprint density at radius 2 is 1.76 bits per heavy atom. The first kappa shape index (κ1) is 25.2. The second-order valence-corrected chi connectivity index (χ2v) is 10.4. The number of hydrogen-bond donors (Lipinski definition) is 0. The standard InChI is InChI=1S/C22H28N4O5S2/c1-25(2)33(27,28)19-11-7-9-17(13-19)21-23-24-22(26(21)14-20(30-4)31-5)32-15-16-8-6-10-18(12-16)29-3/h6-13,20H,14-15H2,1-5H3. The van der Waals surface area contributed by atoms with Crippen LogP contribution in [0.2, 0.25) is 0 Å². The van der Waals surface area contributed by atoms with E-state index in [0.717, 1.165) is 11.3 Å². The number of nitrogens with zero attached hydrogens (tertiary/aromatic N) is 4. The fourth-order valence-corrected chi connectivity index (χ4v) is 4.92. The Morgan fingerprint density at radius 3 is 2.42 bits per heavy atom. The van der Waals surface area contributed by atoms with Gasteiger partial charge >= 0.3 is 0 Å². The molecule has 0 aliphatic carbocycles. The van der Waals surface area contributed by atoms with Crippen molar-refractivity contribution in [2.24, 2.45) is 0 Å². The van der Waals surface area contributed by atoms with Gasteiger partial charge < -0.3 is 14.2 Å². The highest BCUT2D eigenvalue weighted by atomic mass is 32.2. The van der Waals surface area contributed by atoms with Gasteiger partial charge in [-0.3, -0.25) is 4.57 Å². The van der Waals surface area contributed by atoms with Crippen LogP contribution in [0.4, 0.5) is 0 Å². The molecule has 0 aliphatic rings. The Kier molecular flexibility index (Phi) is 8.49. The maximum Gasteiger partial charge on any atom is 0.242 e. The van der Waals surface area contributed by atoms with Gasteiger partial charge in [0.1, 0.15) is 5.75 Å². The molecule has 1 aromatic heterocycles. The van der Waals surface area contributed by atoms with E-state index in [1.165, 1.54) is 30.2 Å². The average molecular weight is 493 g/mol. The van der Waals surface area contributed by atoms with E-state index in [9.17, 15) is 8.42 Å². The van der Waals surface area contributed by atoms with Crippen molar-refractivity contribution in [2.75, 3.05) is 35.4 Å². The van der Waals surface area contributed by atoms with Crippen molar-refractivity contribution in [2.45, 2.75) is 28.6 Å². The van der Waals surface area contributed by atoms with Crippen molar-refractivity contribution in [1.82, 2.24) is 19.1 Å². The molecule has 3 aromatic rings. The van der Waals surface area contributed by atoms with Crippen LogP contribution in [0.1, 0.15) is 5.56 Å². The van der Waals surface area contributed by atoms with Gasteiger partial charge in [0.2, 0.25) is 10.0 Å². The molecular formula is C22H28N4O5S2. The van der Waals surface area contributed by atoms with Crippen molar-refractivity contribution >= 4 is 21.8 Å². The van der Waals surface area contributed by atoms with E-state index in [1.807, 2.05) is 28.8 Å². The summed E-state index contributed by atoms with van der Waals surface area (Å²) in [4.78, 5) is 0.181. The molecule has 178 valence electrons. The zero-order valence-corrected chi connectivity index (χ0v) is 20.9. The fourth-order valence-electron chi connectivity index (χ4n) is 3.08. The minimum atomic E-state index is -3.59. The molecule has 2 aromatic carbocycles. The molecule has 33 heavy (non-hydrogen) atoms. The molecule has 0 N–H and O–H groups in total. The summed E-state index contributed by atoms with van der Waals surface area (Å²) < 4.78 is 44.4. The summed E-state index contributed by atoms with van der Waals surface area (Å²) in [6.45, 7) is 0.334. The van der Waals surface area contributed by atoms with Crippen molar-refractivity contribution in [3.8, 4) is 17.1 Å². The van der Waals surface area contributed by atoms with Crippen LogP contribution in [0.25, 0.3) is 11.4 Å². The van der Waals surface area contributed by atoms with Crippen LogP contribution in [0.3, 0.4) is 0 Å². The van der Waals surface area contributed by atoms with Crippen LogP contribution in [0, 0.1) is 0 Å². The molecule has 0 unspecified atom stereocenters. The summed E-state index contributed by atoms with van der Waals surface area (Å²) in [5.41, 5.74) is 1.70. The second-order valence-electron chi connectivity index (χ2n) is 7.27. The lowest BCUT2D eigenvalue weighted by Crippen LogP contribution is -2.22. The minimum Gasteiger partial charge on any atom is -0.497 e. The molecule has 0 amide bonds. The van der Waals surface area contributed by atoms with Crippen molar-refractivity contribution < 1.29 is 22.6 Å². The molecule has 0 aliphatic heterocycles. The van der Waals surface area contributed by atoms with E-state index >= 15 is 0 Å². The lowest BCUT2D eigenvalue weighted by molar-refractivity contribution is -0.111. The smallest absolute Gasteiger partial charge is 0.242 e. The summed E-state index contributed by atoms with van der Waals surface area (Å²) in [6.07, 6.45) is -0.524. The van der Waals surface area contributed by atoms with E-state index in [-0.39, 0.29) is 4.90 Å². The molecule has 0 radical (unpaired) electrons. The van der Waals surface area contributed by atoms with E-state index < -0.39 is 16.3 Å². The van der Waals surface area contributed by atoms with Gasteiger partial charge in [0.25, 0.3) is 0 Å². The predicted octanol–water partition coefficient (Wildman–Crippen LogP) is 3.12. The van der Waals surface area contributed by atoms with Gasteiger partial charge in [0, 0.05) is 39.6 Å². The Hall–Kier alpha value is -2.44. The number of sulfonamides is 1. The molecule has 0 saturated carbocycles. The number of hydrogen-bond acceptors (Lipinski definition) is 8. The monoisotopic (exact) mass is 492 g/mol. The highest BCUT2D eigenvalue weighted by Crippen LogP contribution is 2.29. The Labute approximate surface area is 198 Å². The highest BCUT2D eigenvalue weighted by molar-refractivity contribution is 7.98. The van der Waals surface area contributed by atoms with E-state index in [2.05, 4.69) is 10.2 Å². The summed E-state index contributed by atoms with van der Waals surface area (Å²) in [6, 6.07) is 14.5. The Morgan fingerprint density at radius 1 is 1.03 bits per heavy atom. The highest BCUT2D eigenvalue weighted by Gasteiger charge is 2.22. The molecule has 0 atom stereocenters. The zero-order valence-electron chi connectivity index (χ0n) is 19.3. The predicted molar refractivity (Wildman–Crippen MR) is 127 cm³/mol. The van der Waals surface area contributed by atoms with Crippen molar-refractivity contribution in [3.63, 3.8) is 0 Å². The number of rotatable bonds is 11. The fraction of sp³-hybridized carbons (Fsp3) is 0.364. The summed E-state index contributed by atoms with van der Waals surface area (Å²) in [7, 11) is 4.17. The van der Waals surface area contributed by atoms with Crippen LogP contribution >= 0.6 is 11.8 Å². The van der Waals surface area contributed by atoms with Crippen LogP contribution < -0.4 is 4.74 Å². The number of ether oxygens (including phenoxy) is 3. The van der Waals surface area contributed by atoms with Crippen LogP contribution in [-0.2, 0) is 31.8 Å². The van der Waals surface area contributed by atoms with Gasteiger partial charge in [-0.05, 0) is 29.8 Å². The first-order valence-electron chi connectivity index (χ1n) is 10.1. The maximum atomic E-state index is 12.6. The molecular weight excluding hydrogens is 464 g/mol. The lowest BCUT2D eigenvalue weighted by Gasteiger charge is -2.17. The van der Waals surface area contributed by atoms with E-state index in [1.54, 1.807) is 45.6 Å². The lowest BCUT2D eigenvalue weighted by atomic mass is 10.2. The molecule has 11 heteroatoms. The van der Waals surface area contributed by atoms with Crippen molar-refractivity contribution in [1.29, 1.82) is 0 Å². The number of thioether (sulfide) groups is 1. The van der Waals surface area contributed by atoms with E-state index in [4.69, 9.17) is 14.2 Å². The van der Waals surface area contributed by atoms with Crippen molar-refractivity contribution in [3.05, 3.63) is 54.1 Å². The SMILES string of the molecule is COc1cccc(CSc2nnc(-c3cccc(S(=O)(=O)N(C)C)c3)n2CC(OC)OC)c1. The quantitative estimate of drug-likeness (QED) is 0.298. The largest absolute Gasteiger partial charge is 0.497 e. The topological polar surface area (TPSA) is 95.8 Å². The summed E-state index contributed by atoms with van der Waals surface area (Å²) in [5.74, 6) is 1.96. The molecule has 0 fully saturated rings. The van der Waals surface area contributed by atoms with Gasteiger partial charge in [-0.25, -0.2) is 12.7 Å². The average Bonchev–Trinajstić information content (AvgIpc) is 3.23. The third kappa shape index (κ3) is 5.92. The van der Waals surface area contributed by atoms with Gasteiger partial charge in [0.15, 0.2) is 17.3 Å². The first-order chi connectivity index (χ1) is 15.8. The first-order valence-corrected chi connectivity index (χ1v) is 12.5. The zero-order chi connectivity index (χ0) is 24.0. The number of methoxy groups -OCH3 is 3. The number of benzene rings is 2. The Balaban J connectivity index is 1.97. The normalized spacial score (nSPS) is 12.0. The molecule has 1 heterocycles. The third-order valence-corrected chi connectivity index (χ3v) is 7.80. The van der Waals surface area contributed by atoms with Crippen LogP contribution in [0.15, 0.2) is 58.6 Å². The van der Waals surface area contributed by atoms with Crippen LogP contribution in [-0.4, -0.2) is 69.2 Å². The van der Waals surface area contributed by atoms with Gasteiger partial charge in [-0.1, -0.05) is 36.0 Å². The minimum absolute atomic E-state index is 0.181. The molecule has 3 rings (SSSR count). The van der Waals surface area contributed by atoms with Gasteiger partial charge in [0.05, 0.1) is 18.6 Å². The molecule has 0 spiro atoms. The molecule has 0 bridgehead atoms. The maximum absolute atomic E-state index is 12.6. The van der Waals surface area contributed by atoms with Crippen LogP contribution in [0.5, 0.6) is 5.75 Å². The third-order valence-electron chi connectivity index (χ3n) is 4.95. The van der Waals surface area contributed by atoms with Gasteiger partial charge in [-0.2, -0.15) is 0 Å². The summed E-state index contributed by atoms with van der Waals surface area (Å²) >= 11 is 1.51. The second kappa shape index (κ2) is 11.1. The van der Waals surface area contributed by atoms with Gasteiger partial charge in [-0.15, -0.1) is 10.2 Å². The molecule has 9 nitrogen and oxygen atoms in total. The van der Waals surface area contributed by atoms with E-state index in [0.29, 0.717) is 28.8 Å². The number of aromatic nitrogens is 3. The summed E-state index contributed by atoms with van der Waals surface area (Å²) in [5, 5.41) is 9.40.